The molecule has 5 heteroatoms. The average molecular weight is 351 g/mol. The van der Waals surface area contributed by atoms with Crippen LogP contribution in [0.25, 0.3) is 0 Å². The highest BCUT2D eigenvalue weighted by Crippen LogP contribution is 2.23. The summed E-state index contributed by atoms with van der Waals surface area (Å²) in [6.45, 7) is 4.90. The third kappa shape index (κ3) is 4.96. The Hall–Kier alpha value is -1.55. The number of aryl methyl sites for hydroxylation is 2. The predicted molar refractivity (Wildman–Crippen MR) is 97.3 cm³/mol. The normalized spacial score (nSPS) is 10.9. The van der Waals surface area contributed by atoms with Gasteiger partial charge in [0.05, 0.1) is 16.6 Å². The van der Waals surface area contributed by atoms with Gasteiger partial charge in [-0.3, -0.25) is 9.69 Å². The highest BCUT2D eigenvalue weighted by atomic mass is 35.5. The number of likely N-dealkylation sites (N-methyl/N-ethyl adjacent to an activating group) is 1. The van der Waals surface area contributed by atoms with Crippen LogP contribution in [-0.4, -0.2) is 24.4 Å². The summed E-state index contributed by atoms with van der Waals surface area (Å²) in [4.78, 5) is 14.2. The Morgan fingerprint density at radius 3 is 2.35 bits per heavy atom. The zero-order chi connectivity index (χ0) is 17.0. The van der Waals surface area contributed by atoms with E-state index < -0.39 is 0 Å². The quantitative estimate of drug-likeness (QED) is 0.848. The molecule has 1 N–H and O–H groups in total. The Morgan fingerprint density at radius 2 is 1.74 bits per heavy atom. The maximum absolute atomic E-state index is 12.2. The third-order valence-corrected chi connectivity index (χ3v) is 4.33. The van der Waals surface area contributed by atoms with Crippen LogP contribution in [0.1, 0.15) is 16.7 Å². The van der Waals surface area contributed by atoms with Crippen molar-refractivity contribution in [3.63, 3.8) is 0 Å². The molecule has 2 rings (SSSR count). The molecule has 0 bridgehead atoms. The van der Waals surface area contributed by atoms with Gasteiger partial charge in [-0.15, -0.1) is 0 Å². The van der Waals surface area contributed by atoms with Gasteiger partial charge in [-0.2, -0.15) is 0 Å². The molecule has 0 saturated heterocycles. The van der Waals surface area contributed by atoms with Crippen LogP contribution in [-0.2, 0) is 11.3 Å². The summed E-state index contributed by atoms with van der Waals surface area (Å²) in [5.74, 6) is -0.0371. The number of nitrogens with zero attached hydrogens (tertiary/aromatic N) is 1. The minimum Gasteiger partial charge on any atom is -0.324 e. The van der Waals surface area contributed by atoms with E-state index in [9.17, 15) is 4.79 Å². The molecule has 0 spiro atoms. The molecule has 0 radical (unpaired) electrons. The molecular formula is C18H20Cl2N2O. The predicted octanol–water partition coefficient (Wildman–Crippen LogP) is 4.68. The van der Waals surface area contributed by atoms with Crippen molar-refractivity contribution < 1.29 is 4.79 Å². The van der Waals surface area contributed by atoms with E-state index in [0.29, 0.717) is 23.1 Å². The number of benzene rings is 2. The lowest BCUT2D eigenvalue weighted by atomic mass is 10.1. The van der Waals surface area contributed by atoms with Crippen LogP contribution in [0.15, 0.2) is 36.4 Å². The molecule has 0 atom stereocenters. The molecule has 2 aromatic carbocycles. The second-order valence-electron chi connectivity index (χ2n) is 5.74. The number of anilines is 1. The molecule has 0 unspecified atom stereocenters. The van der Waals surface area contributed by atoms with Crippen molar-refractivity contribution in [2.24, 2.45) is 0 Å². The molecule has 2 aromatic rings. The Kier molecular flexibility index (Phi) is 6.05. The number of nitrogens with one attached hydrogen (secondary N) is 1. The van der Waals surface area contributed by atoms with E-state index in [4.69, 9.17) is 23.2 Å². The number of halogens is 2. The SMILES string of the molecule is Cc1cccc(C)c1NC(=O)CN(C)Cc1ccc(Cl)c(Cl)c1. The number of hydrogen-bond donors (Lipinski definition) is 1. The second-order valence-corrected chi connectivity index (χ2v) is 6.55. The summed E-state index contributed by atoms with van der Waals surface area (Å²) in [5.41, 5.74) is 4.03. The zero-order valence-electron chi connectivity index (χ0n) is 13.5. The van der Waals surface area contributed by atoms with E-state index in [0.717, 1.165) is 22.4 Å². The van der Waals surface area contributed by atoms with E-state index in [1.54, 1.807) is 6.07 Å². The number of rotatable bonds is 5. The van der Waals surface area contributed by atoms with E-state index in [1.807, 2.05) is 56.1 Å². The van der Waals surface area contributed by atoms with Crippen molar-refractivity contribution in [2.45, 2.75) is 20.4 Å². The maximum Gasteiger partial charge on any atom is 0.238 e. The lowest BCUT2D eigenvalue weighted by molar-refractivity contribution is -0.117. The zero-order valence-corrected chi connectivity index (χ0v) is 15.0. The van der Waals surface area contributed by atoms with Crippen molar-refractivity contribution >= 4 is 34.8 Å². The Bertz CT molecular complexity index is 696. The monoisotopic (exact) mass is 350 g/mol. The van der Waals surface area contributed by atoms with Crippen LogP contribution in [0.5, 0.6) is 0 Å². The summed E-state index contributed by atoms with van der Waals surface area (Å²) in [6.07, 6.45) is 0. The average Bonchev–Trinajstić information content (AvgIpc) is 2.47. The first kappa shape index (κ1) is 17.8. The molecule has 122 valence electrons. The fraction of sp³-hybridized carbons (Fsp3) is 0.278. The van der Waals surface area contributed by atoms with Gasteiger partial charge in [0.2, 0.25) is 5.91 Å². The molecule has 23 heavy (non-hydrogen) atoms. The van der Waals surface area contributed by atoms with Crippen molar-refractivity contribution in [1.82, 2.24) is 4.90 Å². The van der Waals surface area contributed by atoms with E-state index in [1.165, 1.54) is 0 Å². The molecule has 0 aromatic heterocycles. The maximum atomic E-state index is 12.2. The van der Waals surface area contributed by atoms with E-state index in [-0.39, 0.29) is 5.91 Å². The van der Waals surface area contributed by atoms with Gasteiger partial charge in [-0.05, 0) is 49.7 Å². The van der Waals surface area contributed by atoms with Gasteiger partial charge in [-0.1, -0.05) is 47.5 Å². The second kappa shape index (κ2) is 7.82. The first-order valence-electron chi connectivity index (χ1n) is 7.35. The first-order valence-corrected chi connectivity index (χ1v) is 8.11. The van der Waals surface area contributed by atoms with Crippen LogP contribution in [0.4, 0.5) is 5.69 Å². The minimum atomic E-state index is -0.0371. The van der Waals surface area contributed by atoms with Crippen molar-refractivity contribution in [1.29, 1.82) is 0 Å². The summed E-state index contributed by atoms with van der Waals surface area (Å²) >= 11 is 11.9. The molecule has 0 aliphatic heterocycles. The van der Waals surface area contributed by atoms with Crippen molar-refractivity contribution in [2.75, 3.05) is 18.9 Å². The van der Waals surface area contributed by atoms with Gasteiger partial charge in [0.15, 0.2) is 0 Å². The van der Waals surface area contributed by atoms with Gasteiger partial charge >= 0.3 is 0 Å². The molecule has 0 heterocycles. The van der Waals surface area contributed by atoms with Gasteiger partial charge in [0.25, 0.3) is 0 Å². The van der Waals surface area contributed by atoms with Crippen molar-refractivity contribution in [3.8, 4) is 0 Å². The molecule has 0 aliphatic rings. The summed E-state index contributed by atoms with van der Waals surface area (Å²) in [6, 6.07) is 11.5. The van der Waals surface area contributed by atoms with Crippen LogP contribution in [0, 0.1) is 13.8 Å². The van der Waals surface area contributed by atoms with Crippen LogP contribution in [0.3, 0.4) is 0 Å². The molecule has 0 saturated carbocycles. The largest absolute Gasteiger partial charge is 0.324 e. The van der Waals surface area contributed by atoms with Gasteiger partial charge in [0.1, 0.15) is 0 Å². The fourth-order valence-electron chi connectivity index (χ4n) is 2.44. The van der Waals surface area contributed by atoms with Crippen LogP contribution >= 0.6 is 23.2 Å². The topological polar surface area (TPSA) is 32.3 Å². The Labute approximate surface area is 147 Å². The van der Waals surface area contributed by atoms with Crippen LogP contribution < -0.4 is 5.32 Å². The molecule has 1 amide bonds. The number of para-hydroxylation sites is 1. The van der Waals surface area contributed by atoms with Gasteiger partial charge < -0.3 is 5.32 Å². The first-order chi connectivity index (χ1) is 10.9. The fourth-order valence-corrected chi connectivity index (χ4v) is 2.76. The number of amides is 1. The summed E-state index contributed by atoms with van der Waals surface area (Å²) in [5, 5.41) is 4.05. The Morgan fingerprint density at radius 1 is 1.09 bits per heavy atom. The highest BCUT2D eigenvalue weighted by Gasteiger charge is 2.11. The van der Waals surface area contributed by atoms with Crippen LogP contribution in [0.2, 0.25) is 10.0 Å². The lowest BCUT2D eigenvalue weighted by Crippen LogP contribution is -2.30. The Balaban J connectivity index is 1.95. The molecule has 0 aliphatic carbocycles. The minimum absolute atomic E-state index is 0.0371. The number of carbonyl (C=O) groups excluding carboxylic acids is 1. The lowest BCUT2D eigenvalue weighted by Gasteiger charge is -2.18. The third-order valence-electron chi connectivity index (χ3n) is 3.60. The van der Waals surface area contributed by atoms with Gasteiger partial charge in [-0.25, -0.2) is 0 Å². The molecular weight excluding hydrogens is 331 g/mol. The van der Waals surface area contributed by atoms with E-state index in [2.05, 4.69) is 5.32 Å². The summed E-state index contributed by atoms with van der Waals surface area (Å²) in [7, 11) is 1.90. The summed E-state index contributed by atoms with van der Waals surface area (Å²) < 4.78 is 0. The van der Waals surface area contributed by atoms with Gasteiger partial charge in [0, 0.05) is 12.2 Å². The number of carbonyl (C=O) groups is 1. The van der Waals surface area contributed by atoms with Crippen molar-refractivity contribution in [3.05, 3.63) is 63.1 Å². The smallest absolute Gasteiger partial charge is 0.238 e. The number of hydrogen-bond acceptors (Lipinski definition) is 2. The van der Waals surface area contributed by atoms with E-state index >= 15 is 0 Å². The standard InChI is InChI=1S/C18H20Cl2N2O/c1-12-5-4-6-13(2)18(12)21-17(23)11-22(3)10-14-7-8-15(19)16(20)9-14/h4-9H,10-11H2,1-3H3,(H,21,23). The molecule has 3 nitrogen and oxygen atoms in total. The highest BCUT2D eigenvalue weighted by molar-refractivity contribution is 6.42. The molecule has 0 fully saturated rings.